The van der Waals surface area contributed by atoms with Crippen molar-refractivity contribution in [2.75, 3.05) is 19.8 Å². The molecule has 1 aromatic heterocycles. The second-order valence-corrected chi connectivity index (χ2v) is 6.28. The van der Waals surface area contributed by atoms with Crippen molar-refractivity contribution in [1.82, 2.24) is 5.32 Å². The molecule has 0 aliphatic carbocycles. The van der Waals surface area contributed by atoms with Gasteiger partial charge in [-0.1, -0.05) is 11.6 Å². The summed E-state index contributed by atoms with van der Waals surface area (Å²) < 4.78 is 22.0. The van der Waals surface area contributed by atoms with E-state index in [9.17, 15) is 13.6 Å². The number of hydrogen-bond acceptors (Lipinski definition) is 7. The van der Waals surface area contributed by atoms with Crippen molar-refractivity contribution in [3.63, 3.8) is 0 Å². The van der Waals surface area contributed by atoms with Crippen LogP contribution in [-0.4, -0.2) is 55.3 Å². The fraction of sp³-hybridized carbons (Fsp3) is 0.444. The van der Waals surface area contributed by atoms with Gasteiger partial charge in [0.2, 0.25) is 0 Å². The van der Waals surface area contributed by atoms with E-state index in [1.807, 2.05) is 0 Å². The van der Waals surface area contributed by atoms with Crippen LogP contribution in [0.3, 0.4) is 0 Å². The van der Waals surface area contributed by atoms with Gasteiger partial charge in [0.1, 0.15) is 10.4 Å². The van der Waals surface area contributed by atoms with Gasteiger partial charge in [-0.15, -0.1) is 11.3 Å². The first kappa shape index (κ1) is 20.5. The Morgan fingerprint density at radius 1 is 1.40 bits per heavy atom. The summed E-state index contributed by atoms with van der Waals surface area (Å²) in [7, 11) is 0. The average molecular weight is 352 g/mol. The Morgan fingerprint density at radius 2 is 1.90 bits per heavy atom. The minimum absolute atomic E-state index is 0. The van der Waals surface area contributed by atoms with Crippen LogP contribution in [0.5, 0.6) is 0 Å². The Bertz CT molecular complexity index is 485. The number of aliphatic hydroxyl groups excluding tert-OH is 3. The smallest absolute Gasteiger partial charge is 0.768 e. The predicted molar refractivity (Wildman–Crippen MR) is 68.0 cm³/mol. The zero-order valence-electron chi connectivity index (χ0n) is 10.5. The molecule has 1 amide bonds. The summed E-state index contributed by atoms with van der Waals surface area (Å²) in [5.41, 5.74) is -1.63. The summed E-state index contributed by atoms with van der Waals surface area (Å²) in [5.74, 6) is -0.853. The Balaban J connectivity index is 0.00000361. The van der Waals surface area contributed by atoms with E-state index >= 15 is 0 Å². The van der Waals surface area contributed by atoms with E-state index in [1.54, 1.807) is 0 Å². The fourth-order valence-corrected chi connectivity index (χ4v) is 3.14. The Labute approximate surface area is 148 Å². The van der Waals surface area contributed by atoms with Crippen LogP contribution in [0.4, 0.5) is 0 Å². The van der Waals surface area contributed by atoms with Crippen LogP contribution in [0.15, 0.2) is 11.0 Å². The molecule has 1 rings (SSSR count). The van der Waals surface area contributed by atoms with Crippen molar-refractivity contribution in [3.05, 3.63) is 15.3 Å². The molecule has 20 heavy (non-hydrogen) atoms. The Hall–Kier alpha value is 0.450. The van der Waals surface area contributed by atoms with Gasteiger partial charge < -0.3 is 25.2 Å². The molecule has 0 fully saturated rings. The van der Waals surface area contributed by atoms with E-state index < -0.39 is 42.3 Å². The molecule has 0 bridgehead atoms. The summed E-state index contributed by atoms with van der Waals surface area (Å²) in [6.45, 7) is -2.12. The molecule has 0 saturated heterocycles. The summed E-state index contributed by atoms with van der Waals surface area (Å²) in [4.78, 5) is 11.4. The quantitative estimate of drug-likeness (QED) is 0.306. The molecule has 1 heterocycles. The molecular formula is C9H11ClNNaO6S2. The zero-order chi connectivity index (χ0) is 14.6. The Kier molecular flexibility index (Phi) is 8.98. The monoisotopic (exact) mass is 351 g/mol. The molecule has 0 aliphatic heterocycles. The molecule has 0 radical (unpaired) electrons. The first-order valence-corrected chi connectivity index (χ1v) is 7.19. The van der Waals surface area contributed by atoms with Gasteiger partial charge in [-0.05, 0) is 17.1 Å². The Morgan fingerprint density at radius 3 is 2.30 bits per heavy atom. The van der Waals surface area contributed by atoms with E-state index in [2.05, 4.69) is 5.32 Å². The van der Waals surface area contributed by atoms with Crippen molar-refractivity contribution in [1.29, 1.82) is 0 Å². The maximum Gasteiger partial charge on any atom is 1.00 e. The number of nitrogens with one attached hydrogen (secondary N) is 1. The van der Waals surface area contributed by atoms with E-state index in [1.165, 1.54) is 0 Å². The van der Waals surface area contributed by atoms with Crippen molar-refractivity contribution >= 4 is 39.9 Å². The number of hydrogen-bond donors (Lipinski definition) is 4. The molecule has 0 aliphatic rings. The average Bonchev–Trinajstić information content (AvgIpc) is 2.78. The standard InChI is InChI=1S/C9H12ClNO6S2.Na/c10-6-1-5(19(16)17)7(18-6)8(15)11-9(2-12,3-13)4-14;/h1,12-14H,2-4H2,(H,11,15)(H,16,17);/q;+1/p-1. The van der Waals surface area contributed by atoms with E-state index in [-0.39, 0.29) is 43.7 Å². The number of thiophene rings is 1. The maximum absolute atomic E-state index is 11.9. The third-order valence-electron chi connectivity index (χ3n) is 2.34. The SMILES string of the molecule is O=C(NC(CO)(CO)CO)c1sc(Cl)cc1S(=O)[O-].[Na+]. The van der Waals surface area contributed by atoms with Crippen LogP contribution >= 0.6 is 22.9 Å². The van der Waals surface area contributed by atoms with Gasteiger partial charge in [-0.3, -0.25) is 9.00 Å². The fourth-order valence-electron chi connectivity index (χ4n) is 1.19. The number of halogens is 1. The second kappa shape index (κ2) is 8.79. The van der Waals surface area contributed by atoms with Gasteiger partial charge >= 0.3 is 29.6 Å². The molecule has 11 heteroatoms. The number of rotatable bonds is 6. The van der Waals surface area contributed by atoms with Crippen LogP contribution in [0.2, 0.25) is 4.34 Å². The third-order valence-corrected chi connectivity index (χ3v) is 4.41. The summed E-state index contributed by atoms with van der Waals surface area (Å²) >= 11 is 3.74. The number of amides is 1. The van der Waals surface area contributed by atoms with Gasteiger partial charge in [0, 0.05) is 0 Å². The number of carbonyl (C=O) groups is 1. The molecule has 0 spiro atoms. The van der Waals surface area contributed by atoms with Crippen molar-refractivity contribution in [2.24, 2.45) is 0 Å². The topological polar surface area (TPSA) is 130 Å². The molecule has 108 valence electrons. The first-order valence-electron chi connectivity index (χ1n) is 4.93. The van der Waals surface area contributed by atoms with Crippen LogP contribution in [0.1, 0.15) is 9.67 Å². The molecule has 1 atom stereocenters. The van der Waals surface area contributed by atoms with Crippen LogP contribution in [-0.2, 0) is 11.1 Å². The minimum atomic E-state index is -2.65. The molecule has 0 aromatic carbocycles. The van der Waals surface area contributed by atoms with E-state index in [4.69, 9.17) is 26.9 Å². The van der Waals surface area contributed by atoms with Gasteiger partial charge in [0.05, 0.1) is 29.1 Å². The zero-order valence-corrected chi connectivity index (χ0v) is 14.8. The second-order valence-electron chi connectivity index (χ2n) is 3.69. The first-order chi connectivity index (χ1) is 8.89. The van der Waals surface area contributed by atoms with E-state index in [0.717, 1.165) is 17.4 Å². The van der Waals surface area contributed by atoms with Gasteiger partial charge in [-0.2, -0.15) is 0 Å². The molecule has 1 aromatic rings. The van der Waals surface area contributed by atoms with Crippen LogP contribution in [0.25, 0.3) is 0 Å². The number of aliphatic hydroxyl groups is 3. The van der Waals surface area contributed by atoms with Gasteiger partial charge in [0.25, 0.3) is 5.91 Å². The molecule has 4 N–H and O–H groups in total. The van der Waals surface area contributed by atoms with E-state index in [0.29, 0.717) is 0 Å². The molecular weight excluding hydrogens is 341 g/mol. The molecule has 1 unspecified atom stereocenters. The summed E-state index contributed by atoms with van der Waals surface area (Å²) in [6.07, 6.45) is 0. The summed E-state index contributed by atoms with van der Waals surface area (Å²) in [6, 6.07) is 1.11. The van der Waals surface area contributed by atoms with Crippen LogP contribution < -0.4 is 34.9 Å². The normalized spacial score (nSPS) is 12.7. The van der Waals surface area contributed by atoms with Crippen molar-refractivity contribution in [3.8, 4) is 0 Å². The number of carbonyl (C=O) groups excluding carboxylic acids is 1. The molecule has 0 saturated carbocycles. The van der Waals surface area contributed by atoms with Gasteiger partial charge in [-0.25, -0.2) is 0 Å². The predicted octanol–water partition coefficient (Wildman–Crippen LogP) is -3.91. The van der Waals surface area contributed by atoms with Crippen molar-refractivity contribution < 1.29 is 58.4 Å². The molecule has 7 nitrogen and oxygen atoms in total. The van der Waals surface area contributed by atoms with Crippen molar-refractivity contribution in [2.45, 2.75) is 10.4 Å². The largest absolute Gasteiger partial charge is 1.00 e. The maximum atomic E-state index is 11.9. The summed E-state index contributed by atoms with van der Waals surface area (Å²) in [5, 5.41) is 29.4. The van der Waals surface area contributed by atoms with Crippen LogP contribution in [0, 0.1) is 0 Å². The minimum Gasteiger partial charge on any atom is -0.768 e. The third kappa shape index (κ3) is 4.73. The van der Waals surface area contributed by atoms with Gasteiger partial charge in [0.15, 0.2) is 0 Å².